The highest BCUT2D eigenvalue weighted by Gasteiger charge is 2.36. The normalized spacial score (nSPS) is 14.2. The van der Waals surface area contributed by atoms with Gasteiger partial charge in [0.25, 0.3) is 11.1 Å². The van der Waals surface area contributed by atoms with Crippen molar-refractivity contribution in [3.8, 4) is 11.5 Å². The quantitative estimate of drug-likeness (QED) is 0.360. The van der Waals surface area contributed by atoms with Crippen LogP contribution in [0.2, 0.25) is 0 Å². The van der Waals surface area contributed by atoms with Gasteiger partial charge in [-0.25, -0.2) is 4.39 Å². The van der Waals surface area contributed by atoms with Crippen LogP contribution in [0.3, 0.4) is 0 Å². The Kier molecular flexibility index (Phi) is 8.25. The van der Waals surface area contributed by atoms with E-state index >= 15 is 0 Å². The molecule has 0 aliphatic carbocycles. The molecule has 37 heavy (non-hydrogen) atoms. The van der Waals surface area contributed by atoms with Crippen molar-refractivity contribution < 1.29 is 28.2 Å². The van der Waals surface area contributed by atoms with Gasteiger partial charge >= 0.3 is 0 Å². The first kappa shape index (κ1) is 26.0. The van der Waals surface area contributed by atoms with Crippen molar-refractivity contribution in [3.05, 3.63) is 94.1 Å². The van der Waals surface area contributed by atoms with Gasteiger partial charge in [0.2, 0.25) is 5.91 Å². The van der Waals surface area contributed by atoms with Gasteiger partial charge in [0, 0.05) is 11.3 Å². The number of hydrogen-bond acceptors (Lipinski definition) is 6. The Hall–Kier alpha value is -4.11. The summed E-state index contributed by atoms with van der Waals surface area (Å²) < 4.78 is 25.4. The molecule has 0 spiro atoms. The van der Waals surface area contributed by atoms with E-state index in [1.807, 2.05) is 26.0 Å². The second kappa shape index (κ2) is 11.7. The Morgan fingerprint density at radius 1 is 1.03 bits per heavy atom. The number of hydrogen-bond donors (Lipinski definition) is 1. The molecule has 4 rings (SSSR count). The second-order valence-corrected chi connectivity index (χ2v) is 9.19. The molecule has 3 aromatic carbocycles. The molecular formula is C28H25FN2O5S. The highest BCUT2D eigenvalue weighted by molar-refractivity contribution is 8.18. The SMILES string of the molecule is CCOc1cc(/C=C2/SC(=O)N(CC(=O)Nc3ccc(C)cc3)C2=O)ccc1OCc1ccccc1F. The third-order valence-corrected chi connectivity index (χ3v) is 6.32. The largest absolute Gasteiger partial charge is 0.490 e. The lowest BCUT2D eigenvalue weighted by atomic mass is 10.1. The maximum absolute atomic E-state index is 13.9. The summed E-state index contributed by atoms with van der Waals surface area (Å²) in [5.41, 5.74) is 2.65. The van der Waals surface area contributed by atoms with Crippen LogP contribution in [-0.2, 0) is 16.2 Å². The van der Waals surface area contributed by atoms with Crippen LogP contribution in [0.1, 0.15) is 23.6 Å². The van der Waals surface area contributed by atoms with Crippen molar-refractivity contribution in [1.82, 2.24) is 4.90 Å². The molecule has 9 heteroatoms. The number of aryl methyl sites for hydroxylation is 1. The number of halogens is 1. The van der Waals surface area contributed by atoms with Crippen molar-refractivity contribution in [2.45, 2.75) is 20.5 Å². The van der Waals surface area contributed by atoms with Gasteiger partial charge in [0.1, 0.15) is 19.0 Å². The molecule has 1 saturated heterocycles. The van der Waals surface area contributed by atoms with Gasteiger partial charge in [-0.2, -0.15) is 0 Å². The van der Waals surface area contributed by atoms with Crippen molar-refractivity contribution >= 4 is 40.6 Å². The predicted octanol–water partition coefficient (Wildman–Crippen LogP) is 5.79. The molecule has 1 aliphatic rings. The Balaban J connectivity index is 1.45. The first-order valence-electron chi connectivity index (χ1n) is 11.6. The van der Waals surface area contributed by atoms with E-state index in [9.17, 15) is 18.8 Å². The summed E-state index contributed by atoms with van der Waals surface area (Å²) in [5, 5.41) is 2.17. The van der Waals surface area contributed by atoms with E-state index in [0.717, 1.165) is 22.2 Å². The molecule has 0 radical (unpaired) electrons. The van der Waals surface area contributed by atoms with E-state index in [2.05, 4.69) is 5.32 Å². The number of thioether (sulfide) groups is 1. The van der Waals surface area contributed by atoms with E-state index < -0.39 is 17.1 Å². The lowest BCUT2D eigenvalue weighted by molar-refractivity contribution is -0.127. The van der Waals surface area contributed by atoms with Crippen molar-refractivity contribution in [1.29, 1.82) is 0 Å². The number of imide groups is 1. The molecule has 1 heterocycles. The van der Waals surface area contributed by atoms with E-state index in [4.69, 9.17) is 9.47 Å². The Morgan fingerprint density at radius 2 is 1.78 bits per heavy atom. The fraction of sp³-hybridized carbons (Fsp3) is 0.179. The minimum Gasteiger partial charge on any atom is -0.490 e. The maximum atomic E-state index is 13.9. The van der Waals surface area contributed by atoms with Gasteiger partial charge in [-0.1, -0.05) is 42.0 Å². The molecule has 0 atom stereocenters. The van der Waals surface area contributed by atoms with E-state index in [1.54, 1.807) is 54.6 Å². The van der Waals surface area contributed by atoms with Crippen LogP contribution >= 0.6 is 11.8 Å². The third kappa shape index (κ3) is 6.56. The second-order valence-electron chi connectivity index (χ2n) is 8.20. The summed E-state index contributed by atoms with van der Waals surface area (Å²) in [7, 11) is 0. The first-order chi connectivity index (χ1) is 17.8. The monoisotopic (exact) mass is 520 g/mol. The van der Waals surface area contributed by atoms with Gasteiger partial charge in [0.05, 0.1) is 11.5 Å². The number of ether oxygens (including phenoxy) is 2. The third-order valence-electron chi connectivity index (χ3n) is 5.42. The average Bonchev–Trinajstić information content (AvgIpc) is 3.13. The predicted molar refractivity (Wildman–Crippen MR) is 141 cm³/mol. The number of rotatable bonds is 9. The summed E-state index contributed by atoms with van der Waals surface area (Å²) in [6, 6.07) is 18.6. The topological polar surface area (TPSA) is 84.9 Å². The molecule has 0 aromatic heterocycles. The zero-order valence-corrected chi connectivity index (χ0v) is 21.1. The average molecular weight is 521 g/mol. The number of carbonyl (C=O) groups is 3. The maximum Gasteiger partial charge on any atom is 0.294 e. The summed E-state index contributed by atoms with van der Waals surface area (Å²) in [6.07, 6.45) is 1.56. The molecule has 1 fully saturated rings. The number of carbonyl (C=O) groups excluding carboxylic acids is 3. The molecule has 0 saturated carbocycles. The smallest absolute Gasteiger partial charge is 0.294 e. The first-order valence-corrected chi connectivity index (χ1v) is 12.4. The van der Waals surface area contributed by atoms with Gasteiger partial charge in [0.15, 0.2) is 11.5 Å². The zero-order chi connectivity index (χ0) is 26.4. The molecule has 3 aromatic rings. The van der Waals surface area contributed by atoms with Crippen LogP contribution in [0.15, 0.2) is 71.6 Å². The standard InChI is InChI=1S/C28H25FN2O5S/c1-3-35-24-14-19(10-13-23(24)36-17-20-6-4-5-7-22(20)29)15-25-27(33)31(28(34)37-25)16-26(32)30-21-11-8-18(2)9-12-21/h4-15H,3,16-17H2,1-2H3,(H,30,32)/b25-15+. The van der Waals surface area contributed by atoms with E-state index in [0.29, 0.717) is 34.9 Å². The number of nitrogens with one attached hydrogen (secondary N) is 1. The summed E-state index contributed by atoms with van der Waals surface area (Å²) in [6.45, 7) is 3.76. The van der Waals surface area contributed by atoms with Crippen LogP contribution < -0.4 is 14.8 Å². The molecule has 0 bridgehead atoms. The molecule has 7 nitrogen and oxygen atoms in total. The Morgan fingerprint density at radius 3 is 2.51 bits per heavy atom. The fourth-order valence-corrected chi connectivity index (χ4v) is 4.38. The number of benzene rings is 3. The lowest BCUT2D eigenvalue weighted by Crippen LogP contribution is -2.36. The minimum absolute atomic E-state index is 0.0234. The van der Waals surface area contributed by atoms with Crippen LogP contribution in [0.25, 0.3) is 6.08 Å². The Bertz CT molecular complexity index is 1360. The Labute approximate surface area is 218 Å². The zero-order valence-electron chi connectivity index (χ0n) is 20.3. The van der Waals surface area contributed by atoms with Crippen LogP contribution in [0.4, 0.5) is 14.9 Å². The lowest BCUT2D eigenvalue weighted by Gasteiger charge is -2.13. The summed E-state index contributed by atoms with van der Waals surface area (Å²) in [5.74, 6) is -0.540. The van der Waals surface area contributed by atoms with E-state index in [1.165, 1.54) is 6.07 Å². The van der Waals surface area contributed by atoms with E-state index in [-0.39, 0.29) is 23.9 Å². The van der Waals surface area contributed by atoms with Crippen LogP contribution in [0, 0.1) is 12.7 Å². The molecule has 3 amide bonds. The summed E-state index contributed by atoms with van der Waals surface area (Å²) in [4.78, 5) is 38.8. The van der Waals surface area contributed by atoms with Crippen molar-refractivity contribution in [2.24, 2.45) is 0 Å². The van der Waals surface area contributed by atoms with Crippen molar-refractivity contribution in [3.63, 3.8) is 0 Å². The minimum atomic E-state index is -0.549. The van der Waals surface area contributed by atoms with Gasteiger partial charge in [-0.15, -0.1) is 0 Å². The molecule has 1 aliphatic heterocycles. The molecule has 1 N–H and O–H groups in total. The highest BCUT2D eigenvalue weighted by Crippen LogP contribution is 2.35. The number of anilines is 1. The molecular weight excluding hydrogens is 495 g/mol. The van der Waals surface area contributed by atoms with Crippen LogP contribution in [0.5, 0.6) is 11.5 Å². The van der Waals surface area contributed by atoms with Gasteiger partial charge < -0.3 is 14.8 Å². The highest BCUT2D eigenvalue weighted by atomic mass is 32.2. The van der Waals surface area contributed by atoms with Crippen LogP contribution in [-0.4, -0.2) is 35.1 Å². The van der Waals surface area contributed by atoms with Gasteiger partial charge in [-0.05, 0) is 67.6 Å². The summed E-state index contributed by atoms with van der Waals surface area (Å²) >= 11 is 0.764. The van der Waals surface area contributed by atoms with Crippen molar-refractivity contribution in [2.75, 3.05) is 18.5 Å². The number of amides is 3. The molecule has 0 unspecified atom stereocenters. The van der Waals surface area contributed by atoms with Gasteiger partial charge in [-0.3, -0.25) is 19.3 Å². The molecule has 190 valence electrons. The fourth-order valence-electron chi connectivity index (χ4n) is 3.54. The number of nitrogens with zero attached hydrogens (tertiary/aromatic N) is 1.